The summed E-state index contributed by atoms with van der Waals surface area (Å²) in [6.45, 7) is 12.9. The molecule has 0 aliphatic carbocycles. The first-order valence-corrected chi connectivity index (χ1v) is 15.9. The van der Waals surface area contributed by atoms with Gasteiger partial charge in [0, 0.05) is 43.9 Å². The predicted molar refractivity (Wildman–Crippen MR) is 156 cm³/mol. The van der Waals surface area contributed by atoms with Crippen molar-refractivity contribution in [3.8, 4) is 11.5 Å². The number of benzene rings is 2. The van der Waals surface area contributed by atoms with Crippen LogP contribution in [0.5, 0.6) is 11.5 Å². The molecule has 0 unspecified atom stereocenters. The number of ether oxygens (including phenoxy) is 2. The van der Waals surface area contributed by atoms with Gasteiger partial charge in [0.25, 0.3) is 5.91 Å². The normalized spacial score (nSPS) is 13.4. The molecule has 1 aliphatic heterocycles. The van der Waals surface area contributed by atoms with Crippen LogP contribution >= 0.6 is 11.3 Å². The Morgan fingerprint density at radius 1 is 0.897 bits per heavy atom. The first-order valence-electron chi connectivity index (χ1n) is 13.7. The summed E-state index contributed by atoms with van der Waals surface area (Å²) in [5.74, 6) is 1.12. The van der Waals surface area contributed by atoms with E-state index in [2.05, 4.69) is 18.7 Å². The maximum atomic E-state index is 13.8. The molecule has 2 heterocycles. The van der Waals surface area contributed by atoms with Gasteiger partial charge in [-0.15, -0.1) is 0 Å². The highest BCUT2D eigenvalue weighted by Crippen LogP contribution is 2.39. The molecule has 0 N–H and O–H groups in total. The molecule has 0 radical (unpaired) electrons. The first kappa shape index (κ1) is 29.3. The van der Waals surface area contributed by atoms with E-state index in [9.17, 15) is 13.2 Å². The Balaban J connectivity index is 1.64. The van der Waals surface area contributed by atoms with Crippen LogP contribution in [0.4, 0.5) is 5.13 Å². The average molecular weight is 575 g/mol. The van der Waals surface area contributed by atoms with Crippen LogP contribution in [-0.4, -0.2) is 81.0 Å². The van der Waals surface area contributed by atoms with Crippen LogP contribution in [0.3, 0.4) is 0 Å². The molecule has 1 aliphatic rings. The number of carbonyl (C=O) groups is 1. The number of sulfonamides is 1. The summed E-state index contributed by atoms with van der Waals surface area (Å²) in [5.41, 5.74) is 1.16. The van der Waals surface area contributed by atoms with Gasteiger partial charge in [0.1, 0.15) is 13.2 Å². The smallest absolute Gasteiger partial charge is 0.260 e. The van der Waals surface area contributed by atoms with Crippen molar-refractivity contribution < 1.29 is 22.7 Å². The molecule has 9 nitrogen and oxygen atoms in total. The van der Waals surface area contributed by atoms with Crippen molar-refractivity contribution in [2.45, 2.75) is 45.4 Å². The average Bonchev–Trinajstić information content (AvgIpc) is 3.36. The number of carbonyl (C=O) groups excluding carboxylic acids is 1. The number of hydrogen-bond donors (Lipinski definition) is 0. The summed E-state index contributed by atoms with van der Waals surface area (Å²) in [5, 5.41) is 0.582. The maximum absolute atomic E-state index is 13.8. The van der Waals surface area contributed by atoms with Gasteiger partial charge in [-0.3, -0.25) is 9.69 Å². The van der Waals surface area contributed by atoms with E-state index in [1.54, 1.807) is 17.0 Å². The molecule has 0 saturated heterocycles. The van der Waals surface area contributed by atoms with Crippen LogP contribution in [0.25, 0.3) is 10.2 Å². The van der Waals surface area contributed by atoms with E-state index < -0.39 is 10.0 Å². The van der Waals surface area contributed by atoms with Crippen molar-refractivity contribution >= 4 is 42.6 Å². The lowest BCUT2D eigenvalue weighted by Gasteiger charge is -2.25. The second-order valence-electron chi connectivity index (χ2n) is 9.37. The first-order chi connectivity index (χ1) is 18.8. The fraction of sp³-hybridized carbons (Fsp3) is 0.500. The molecule has 11 heteroatoms. The summed E-state index contributed by atoms with van der Waals surface area (Å²) >= 11 is 1.43. The van der Waals surface area contributed by atoms with Crippen molar-refractivity contribution in [3.05, 3.63) is 42.0 Å². The van der Waals surface area contributed by atoms with E-state index in [1.807, 2.05) is 26.0 Å². The molecular weight excluding hydrogens is 536 g/mol. The van der Waals surface area contributed by atoms with E-state index in [4.69, 9.17) is 14.5 Å². The molecule has 39 heavy (non-hydrogen) atoms. The lowest BCUT2D eigenvalue weighted by molar-refractivity contribution is 0.0983. The highest BCUT2D eigenvalue weighted by molar-refractivity contribution is 7.89. The number of anilines is 1. The number of likely N-dealkylation sites (N-methyl/N-ethyl adjacent to an activating group) is 1. The number of aromatic nitrogens is 1. The van der Waals surface area contributed by atoms with Gasteiger partial charge in [-0.05, 0) is 50.2 Å². The number of amides is 1. The van der Waals surface area contributed by atoms with E-state index in [1.165, 1.54) is 27.8 Å². The molecule has 0 atom stereocenters. The lowest BCUT2D eigenvalue weighted by Crippen LogP contribution is -2.39. The highest BCUT2D eigenvalue weighted by atomic mass is 32.2. The fourth-order valence-corrected chi connectivity index (χ4v) is 7.18. The van der Waals surface area contributed by atoms with Crippen molar-refractivity contribution in [1.29, 1.82) is 0 Å². The van der Waals surface area contributed by atoms with Crippen LogP contribution in [0.15, 0.2) is 41.3 Å². The minimum absolute atomic E-state index is 0.196. The summed E-state index contributed by atoms with van der Waals surface area (Å²) in [7, 11) is -3.63. The van der Waals surface area contributed by atoms with Gasteiger partial charge in [0.2, 0.25) is 10.0 Å². The van der Waals surface area contributed by atoms with E-state index in [0.29, 0.717) is 61.6 Å². The number of nitrogens with zero attached hydrogens (tertiary/aromatic N) is 4. The fourth-order valence-electron chi connectivity index (χ4n) is 4.56. The molecule has 4 rings (SSSR count). The Bertz CT molecular complexity index is 1320. The molecule has 1 amide bonds. The Morgan fingerprint density at radius 2 is 1.51 bits per heavy atom. The zero-order valence-electron chi connectivity index (χ0n) is 23.2. The van der Waals surface area contributed by atoms with Crippen molar-refractivity contribution in [3.63, 3.8) is 0 Å². The Kier molecular flexibility index (Phi) is 9.81. The number of thiazole rings is 1. The Labute approximate surface area is 235 Å². The van der Waals surface area contributed by atoms with Gasteiger partial charge < -0.3 is 14.4 Å². The quantitative estimate of drug-likeness (QED) is 0.288. The van der Waals surface area contributed by atoms with Gasteiger partial charge in [0.15, 0.2) is 16.6 Å². The lowest BCUT2D eigenvalue weighted by atomic mass is 10.2. The van der Waals surface area contributed by atoms with Crippen LogP contribution < -0.4 is 14.4 Å². The minimum atomic E-state index is -3.63. The summed E-state index contributed by atoms with van der Waals surface area (Å²) < 4.78 is 40.2. The molecule has 0 bridgehead atoms. The largest absolute Gasteiger partial charge is 0.486 e. The van der Waals surface area contributed by atoms with Crippen LogP contribution in [0.2, 0.25) is 0 Å². The third kappa shape index (κ3) is 6.54. The van der Waals surface area contributed by atoms with Gasteiger partial charge in [-0.2, -0.15) is 4.31 Å². The van der Waals surface area contributed by atoms with E-state index in [0.717, 1.165) is 36.1 Å². The van der Waals surface area contributed by atoms with E-state index in [-0.39, 0.29) is 10.8 Å². The predicted octanol–water partition coefficient (Wildman–Crippen LogP) is 4.87. The zero-order chi connectivity index (χ0) is 28.0. The summed E-state index contributed by atoms with van der Waals surface area (Å²) in [6, 6.07) is 10.0. The summed E-state index contributed by atoms with van der Waals surface area (Å²) in [4.78, 5) is 22.8. The van der Waals surface area contributed by atoms with Crippen molar-refractivity contribution in [2.24, 2.45) is 0 Å². The molecule has 1 aromatic heterocycles. The monoisotopic (exact) mass is 574 g/mol. The third-order valence-corrected chi connectivity index (χ3v) is 9.69. The van der Waals surface area contributed by atoms with Gasteiger partial charge in [-0.25, -0.2) is 13.4 Å². The van der Waals surface area contributed by atoms with E-state index >= 15 is 0 Å². The SMILES string of the molecule is CCCN(CCC)S(=O)(=O)c1ccc(C(=O)N(CCN(CC)CC)c2nc3cc4c(cc3s2)OCCO4)cc1. The molecule has 212 valence electrons. The van der Waals surface area contributed by atoms with Crippen LogP contribution in [0, 0.1) is 0 Å². The van der Waals surface area contributed by atoms with Crippen LogP contribution in [0.1, 0.15) is 50.9 Å². The maximum Gasteiger partial charge on any atom is 0.260 e. The third-order valence-electron chi connectivity index (χ3n) is 6.74. The van der Waals surface area contributed by atoms with Crippen molar-refractivity contribution in [1.82, 2.24) is 14.2 Å². The minimum Gasteiger partial charge on any atom is -0.486 e. The zero-order valence-corrected chi connectivity index (χ0v) is 24.8. The van der Waals surface area contributed by atoms with Gasteiger partial charge in [-0.1, -0.05) is 39.0 Å². The van der Waals surface area contributed by atoms with Gasteiger partial charge >= 0.3 is 0 Å². The second kappa shape index (κ2) is 13.1. The van der Waals surface area contributed by atoms with Gasteiger partial charge in [0.05, 0.1) is 15.1 Å². The Hall–Kier alpha value is -2.73. The molecule has 0 saturated carbocycles. The topological polar surface area (TPSA) is 92.3 Å². The molecule has 0 spiro atoms. The van der Waals surface area contributed by atoms with Crippen molar-refractivity contribution in [2.75, 3.05) is 57.4 Å². The number of hydrogen-bond acceptors (Lipinski definition) is 8. The second-order valence-corrected chi connectivity index (χ2v) is 12.3. The number of fused-ring (bicyclic) bond motifs is 2. The molecule has 3 aromatic rings. The number of rotatable bonds is 13. The molecule has 0 fully saturated rings. The molecular formula is C28H38N4O5S2. The standard InChI is InChI=1S/C28H38N4O5S2/c1-5-13-31(14-6-2)39(34,35)22-11-9-21(10-12-22)27(33)32(16-15-30(7-3)8-4)28-29-23-19-24-25(20-26(23)38-28)37-18-17-36-24/h9-12,19-20H,5-8,13-18H2,1-4H3. The Morgan fingerprint density at radius 3 is 2.10 bits per heavy atom. The highest BCUT2D eigenvalue weighted by Gasteiger charge is 2.26. The van der Waals surface area contributed by atoms with Crippen LogP contribution in [-0.2, 0) is 10.0 Å². The summed E-state index contributed by atoms with van der Waals surface area (Å²) in [6.07, 6.45) is 1.47. The molecule has 2 aromatic carbocycles.